The number of rotatable bonds is 9. The number of nitrogens with zero attached hydrogens (tertiary/aromatic N) is 2. The van der Waals surface area contributed by atoms with Crippen molar-refractivity contribution in [2.24, 2.45) is 0 Å². The van der Waals surface area contributed by atoms with Crippen LogP contribution in [0, 0.1) is 10.1 Å². The average Bonchev–Trinajstić information content (AvgIpc) is 2.74. The summed E-state index contributed by atoms with van der Waals surface area (Å²) in [6.45, 7) is 3.52. The summed E-state index contributed by atoms with van der Waals surface area (Å²) in [7, 11) is -3.75. The van der Waals surface area contributed by atoms with Gasteiger partial charge in [-0.15, -0.1) is 0 Å². The highest BCUT2D eigenvalue weighted by Gasteiger charge is 2.21. The maximum atomic E-state index is 12.3. The quantitative estimate of drug-likeness (QED) is 0.381. The lowest BCUT2D eigenvalue weighted by Crippen LogP contribution is -2.39. The van der Waals surface area contributed by atoms with Gasteiger partial charge in [0.05, 0.1) is 22.5 Å². The van der Waals surface area contributed by atoms with Gasteiger partial charge in [0.25, 0.3) is 5.69 Å². The van der Waals surface area contributed by atoms with Crippen LogP contribution in [0.5, 0.6) is 0 Å². The van der Waals surface area contributed by atoms with E-state index in [9.17, 15) is 18.5 Å². The molecule has 1 aliphatic rings. The highest BCUT2D eigenvalue weighted by atomic mass is 32.2. The molecule has 9 heteroatoms. The number of sulfonamides is 1. The molecular weight excluding hydrogens is 394 g/mol. The van der Waals surface area contributed by atoms with Crippen LogP contribution in [-0.4, -0.2) is 51.0 Å². The first kappa shape index (κ1) is 21.4. The molecule has 0 saturated carbocycles. The van der Waals surface area contributed by atoms with E-state index in [1.807, 2.05) is 18.2 Å². The molecular formula is C20H25N3O5S. The lowest BCUT2D eigenvalue weighted by Gasteiger charge is -2.33. The van der Waals surface area contributed by atoms with Crippen LogP contribution >= 0.6 is 0 Å². The first-order chi connectivity index (χ1) is 14.0. The maximum absolute atomic E-state index is 12.3. The summed E-state index contributed by atoms with van der Waals surface area (Å²) in [6.07, 6.45) is 1.60. The molecule has 1 heterocycles. The van der Waals surface area contributed by atoms with E-state index in [0.717, 1.165) is 32.1 Å². The van der Waals surface area contributed by atoms with Crippen LogP contribution in [-0.2, 0) is 14.8 Å². The molecule has 1 atom stereocenters. The van der Waals surface area contributed by atoms with Crippen LogP contribution in [0.1, 0.15) is 24.5 Å². The second kappa shape index (κ2) is 9.93. The summed E-state index contributed by atoms with van der Waals surface area (Å²) in [4.78, 5) is 12.5. The van der Waals surface area contributed by atoms with Gasteiger partial charge in [-0.2, -0.15) is 0 Å². The number of benzene rings is 2. The van der Waals surface area contributed by atoms with Crippen molar-refractivity contribution in [1.82, 2.24) is 9.62 Å². The summed E-state index contributed by atoms with van der Waals surface area (Å²) in [5.74, 6) is 0. The van der Waals surface area contributed by atoms with Gasteiger partial charge in [-0.25, -0.2) is 13.1 Å². The van der Waals surface area contributed by atoms with E-state index in [-0.39, 0.29) is 23.2 Å². The molecule has 0 aromatic heterocycles. The fraction of sp³-hybridized carbons (Fsp3) is 0.400. The zero-order valence-corrected chi connectivity index (χ0v) is 16.9. The van der Waals surface area contributed by atoms with Crippen LogP contribution < -0.4 is 4.72 Å². The minimum Gasteiger partial charge on any atom is -0.371 e. The van der Waals surface area contributed by atoms with Crippen LogP contribution in [0.2, 0.25) is 0 Å². The van der Waals surface area contributed by atoms with Gasteiger partial charge in [-0.05, 0) is 31.0 Å². The number of ether oxygens (including phenoxy) is 1. The van der Waals surface area contributed by atoms with Gasteiger partial charge >= 0.3 is 0 Å². The molecule has 29 heavy (non-hydrogen) atoms. The molecule has 2 aromatic rings. The second-order valence-corrected chi connectivity index (χ2v) is 8.70. The Balaban J connectivity index is 1.42. The predicted octanol–water partition coefficient (Wildman–Crippen LogP) is 2.73. The molecule has 0 aliphatic carbocycles. The minimum absolute atomic E-state index is 0.0670. The molecule has 0 radical (unpaired) electrons. The van der Waals surface area contributed by atoms with Gasteiger partial charge in [0.1, 0.15) is 0 Å². The largest absolute Gasteiger partial charge is 0.371 e. The predicted molar refractivity (Wildman–Crippen MR) is 109 cm³/mol. The summed E-state index contributed by atoms with van der Waals surface area (Å²) in [5, 5.41) is 10.8. The molecule has 0 bridgehead atoms. The number of nitro benzene ring substituents is 1. The molecule has 156 valence electrons. The van der Waals surface area contributed by atoms with Crippen molar-refractivity contribution < 1.29 is 18.1 Å². The third-order valence-corrected chi connectivity index (χ3v) is 6.31. The molecule has 3 rings (SSSR count). The van der Waals surface area contributed by atoms with E-state index in [1.54, 1.807) is 0 Å². The van der Waals surface area contributed by atoms with Crippen molar-refractivity contribution in [2.45, 2.75) is 23.8 Å². The van der Waals surface area contributed by atoms with Gasteiger partial charge in [0, 0.05) is 31.8 Å². The fourth-order valence-corrected chi connectivity index (χ4v) is 4.40. The smallest absolute Gasteiger partial charge is 0.270 e. The molecule has 1 aliphatic heterocycles. The molecule has 0 amide bonds. The molecule has 0 spiro atoms. The van der Waals surface area contributed by atoms with Crippen LogP contribution in [0.15, 0.2) is 59.5 Å². The Morgan fingerprint density at radius 1 is 1.14 bits per heavy atom. The van der Waals surface area contributed by atoms with E-state index in [4.69, 9.17) is 4.74 Å². The SMILES string of the molecule is O=[N+]([O-])c1cccc(S(=O)(=O)NCCCCN2CCOC(c3ccccc3)C2)c1. The third kappa shape index (κ3) is 6.07. The number of non-ortho nitro benzene ring substituents is 1. The molecule has 1 fully saturated rings. The first-order valence-electron chi connectivity index (χ1n) is 9.59. The Morgan fingerprint density at radius 3 is 2.69 bits per heavy atom. The van der Waals surface area contributed by atoms with Gasteiger partial charge in [-0.3, -0.25) is 15.0 Å². The summed E-state index contributed by atoms with van der Waals surface area (Å²) < 4.78 is 33.0. The lowest BCUT2D eigenvalue weighted by molar-refractivity contribution is -0.385. The van der Waals surface area contributed by atoms with Crippen LogP contribution in [0.25, 0.3) is 0 Å². The zero-order chi connectivity index (χ0) is 20.7. The number of hydrogen-bond donors (Lipinski definition) is 1. The molecule has 1 N–H and O–H groups in total. The van der Waals surface area contributed by atoms with E-state index in [1.165, 1.54) is 23.8 Å². The fourth-order valence-electron chi connectivity index (χ4n) is 3.29. The Kier molecular flexibility index (Phi) is 7.32. The molecule has 8 nitrogen and oxygen atoms in total. The van der Waals surface area contributed by atoms with Crippen molar-refractivity contribution >= 4 is 15.7 Å². The van der Waals surface area contributed by atoms with Gasteiger partial charge in [-0.1, -0.05) is 36.4 Å². The van der Waals surface area contributed by atoms with E-state index >= 15 is 0 Å². The topological polar surface area (TPSA) is 102 Å². The van der Waals surface area contributed by atoms with Crippen molar-refractivity contribution in [1.29, 1.82) is 0 Å². The third-order valence-electron chi connectivity index (χ3n) is 4.85. The van der Waals surface area contributed by atoms with E-state index in [0.29, 0.717) is 13.0 Å². The highest BCUT2D eigenvalue weighted by molar-refractivity contribution is 7.89. The lowest BCUT2D eigenvalue weighted by atomic mass is 10.1. The van der Waals surface area contributed by atoms with Crippen LogP contribution in [0.3, 0.4) is 0 Å². The number of nitro groups is 1. The van der Waals surface area contributed by atoms with Gasteiger partial charge < -0.3 is 4.74 Å². The number of unbranched alkanes of at least 4 members (excludes halogenated alkanes) is 1. The molecule has 1 unspecified atom stereocenters. The molecule has 2 aromatic carbocycles. The Morgan fingerprint density at radius 2 is 1.93 bits per heavy atom. The summed E-state index contributed by atoms with van der Waals surface area (Å²) in [5.41, 5.74) is 0.926. The van der Waals surface area contributed by atoms with Crippen molar-refractivity contribution in [3.05, 3.63) is 70.3 Å². The van der Waals surface area contributed by atoms with E-state index in [2.05, 4.69) is 21.8 Å². The normalized spacial score (nSPS) is 17.9. The van der Waals surface area contributed by atoms with Crippen molar-refractivity contribution in [3.8, 4) is 0 Å². The Bertz CT molecular complexity index is 921. The van der Waals surface area contributed by atoms with Crippen molar-refractivity contribution in [3.63, 3.8) is 0 Å². The maximum Gasteiger partial charge on any atom is 0.270 e. The number of morpholine rings is 1. The standard InChI is InChI=1S/C20H25N3O5S/c24-23(25)18-9-6-10-19(15-18)29(26,27)21-11-4-5-12-22-13-14-28-20(16-22)17-7-2-1-3-8-17/h1-3,6-10,15,20-21H,4-5,11-14,16H2. The van der Waals surface area contributed by atoms with Gasteiger partial charge in [0.2, 0.25) is 10.0 Å². The monoisotopic (exact) mass is 419 g/mol. The summed E-state index contributed by atoms with van der Waals surface area (Å²) in [6, 6.07) is 15.2. The first-order valence-corrected chi connectivity index (χ1v) is 11.1. The Hall–Kier alpha value is -2.33. The minimum atomic E-state index is -3.75. The molecule has 1 saturated heterocycles. The second-order valence-electron chi connectivity index (χ2n) is 6.93. The zero-order valence-electron chi connectivity index (χ0n) is 16.1. The van der Waals surface area contributed by atoms with Crippen LogP contribution in [0.4, 0.5) is 5.69 Å². The van der Waals surface area contributed by atoms with Gasteiger partial charge in [0.15, 0.2) is 0 Å². The average molecular weight is 420 g/mol. The highest BCUT2D eigenvalue weighted by Crippen LogP contribution is 2.22. The van der Waals surface area contributed by atoms with Crippen molar-refractivity contribution in [2.75, 3.05) is 32.8 Å². The number of hydrogen-bond acceptors (Lipinski definition) is 6. The number of nitrogens with one attached hydrogen (secondary N) is 1. The summed E-state index contributed by atoms with van der Waals surface area (Å²) >= 11 is 0. The van der Waals surface area contributed by atoms with E-state index < -0.39 is 14.9 Å². The Labute approximate surface area is 170 Å².